The smallest absolute Gasteiger partial charge is 0.125 e. The van der Waals surface area contributed by atoms with Crippen molar-refractivity contribution in [2.24, 2.45) is 5.41 Å². The van der Waals surface area contributed by atoms with Gasteiger partial charge in [0.05, 0.1) is 0 Å². The molecule has 0 radical (unpaired) electrons. The van der Waals surface area contributed by atoms with Crippen LogP contribution in [0.1, 0.15) is 40.0 Å². The first kappa shape index (κ1) is 10.4. The number of unbranched alkanes of at least 4 members (excludes halogenated alkanes) is 1. The number of hydrogen-bond acceptors (Lipinski definition) is 1. The fourth-order valence-electron chi connectivity index (χ4n) is 0.720. The Kier molecular flexibility index (Phi) is 4.84. The minimum absolute atomic E-state index is 0.176. The molecule has 0 aliphatic rings. The van der Waals surface area contributed by atoms with Gasteiger partial charge in [0.25, 0.3) is 0 Å². The molecule has 0 bridgehead atoms. The van der Waals surface area contributed by atoms with Crippen LogP contribution in [0.25, 0.3) is 0 Å². The fraction of sp³-hybridized carbons (Fsp3) is 0.700. The van der Waals surface area contributed by atoms with Crippen LogP contribution in [-0.2, 0) is 4.79 Å². The molecule has 11 heavy (non-hydrogen) atoms. The predicted octanol–water partition coefficient (Wildman–Crippen LogP) is 2.96. The maximum atomic E-state index is 10.5. The summed E-state index contributed by atoms with van der Waals surface area (Å²) >= 11 is 0. The molecular weight excluding hydrogens is 136 g/mol. The maximum absolute atomic E-state index is 10.5. The highest BCUT2D eigenvalue weighted by Gasteiger charge is 2.12. The average molecular weight is 154 g/mol. The van der Waals surface area contributed by atoms with Crippen LogP contribution in [0, 0.1) is 5.41 Å². The largest absolute Gasteiger partial charge is 0.303 e. The van der Waals surface area contributed by atoms with Crippen molar-refractivity contribution >= 4 is 6.29 Å². The van der Waals surface area contributed by atoms with E-state index in [1.165, 1.54) is 6.42 Å². The predicted molar refractivity (Wildman–Crippen MR) is 48.5 cm³/mol. The zero-order chi connectivity index (χ0) is 8.74. The number of carbonyl (C=O) groups is 1. The van der Waals surface area contributed by atoms with Crippen molar-refractivity contribution < 1.29 is 4.79 Å². The van der Waals surface area contributed by atoms with Crippen LogP contribution in [0.4, 0.5) is 0 Å². The van der Waals surface area contributed by atoms with E-state index in [1.807, 2.05) is 13.8 Å². The summed E-state index contributed by atoms with van der Waals surface area (Å²) in [6.07, 6.45) is 8.41. The van der Waals surface area contributed by atoms with Gasteiger partial charge < -0.3 is 4.79 Å². The van der Waals surface area contributed by atoms with Gasteiger partial charge in [-0.1, -0.05) is 39.3 Å². The number of rotatable bonds is 5. The van der Waals surface area contributed by atoms with Crippen LogP contribution >= 0.6 is 0 Å². The average Bonchev–Trinajstić information content (AvgIpc) is 1.99. The van der Waals surface area contributed by atoms with E-state index in [0.717, 1.165) is 19.1 Å². The molecule has 0 aromatic carbocycles. The summed E-state index contributed by atoms with van der Waals surface area (Å²) in [6.45, 7) is 6.06. The molecule has 0 amide bonds. The molecular formula is C10H18O. The van der Waals surface area contributed by atoms with Gasteiger partial charge in [-0.2, -0.15) is 0 Å². The molecule has 0 fully saturated rings. The van der Waals surface area contributed by atoms with E-state index in [0.29, 0.717) is 0 Å². The van der Waals surface area contributed by atoms with Gasteiger partial charge in [0, 0.05) is 5.41 Å². The van der Waals surface area contributed by atoms with Crippen LogP contribution in [0.3, 0.4) is 0 Å². The Hall–Kier alpha value is -0.590. The minimum Gasteiger partial charge on any atom is -0.303 e. The molecule has 1 heteroatoms. The second kappa shape index (κ2) is 5.11. The summed E-state index contributed by atoms with van der Waals surface area (Å²) in [5, 5.41) is 0. The van der Waals surface area contributed by atoms with Crippen LogP contribution in [-0.4, -0.2) is 6.29 Å². The van der Waals surface area contributed by atoms with E-state index >= 15 is 0 Å². The van der Waals surface area contributed by atoms with Gasteiger partial charge in [-0.15, -0.1) is 0 Å². The number of aldehydes is 1. The van der Waals surface area contributed by atoms with Crippen LogP contribution in [0.2, 0.25) is 0 Å². The van der Waals surface area contributed by atoms with Crippen LogP contribution in [0.5, 0.6) is 0 Å². The third kappa shape index (κ3) is 5.84. The summed E-state index contributed by atoms with van der Waals surface area (Å²) in [5.74, 6) is 0. The van der Waals surface area contributed by atoms with Crippen molar-refractivity contribution in [2.45, 2.75) is 40.0 Å². The SMILES string of the molecule is CCC/C=C/CC(C)(C)C=O. The first-order valence-electron chi connectivity index (χ1n) is 4.23. The second-order valence-corrected chi connectivity index (χ2v) is 3.57. The lowest BCUT2D eigenvalue weighted by atomic mass is 9.91. The van der Waals surface area contributed by atoms with Gasteiger partial charge in [0.2, 0.25) is 0 Å². The lowest BCUT2D eigenvalue weighted by molar-refractivity contribution is -0.114. The van der Waals surface area contributed by atoms with Crippen LogP contribution < -0.4 is 0 Å². The third-order valence-electron chi connectivity index (χ3n) is 1.58. The fourth-order valence-corrected chi connectivity index (χ4v) is 0.720. The molecule has 0 rings (SSSR count). The summed E-state index contributed by atoms with van der Waals surface area (Å²) in [6, 6.07) is 0. The summed E-state index contributed by atoms with van der Waals surface area (Å²) < 4.78 is 0. The number of hydrogen-bond donors (Lipinski definition) is 0. The molecule has 0 saturated heterocycles. The second-order valence-electron chi connectivity index (χ2n) is 3.57. The molecule has 1 nitrogen and oxygen atoms in total. The Morgan fingerprint density at radius 2 is 1.91 bits per heavy atom. The lowest BCUT2D eigenvalue weighted by Gasteiger charge is -2.12. The van der Waals surface area contributed by atoms with E-state index in [1.54, 1.807) is 0 Å². The topological polar surface area (TPSA) is 17.1 Å². The molecule has 0 spiro atoms. The molecule has 0 saturated carbocycles. The van der Waals surface area contributed by atoms with Gasteiger partial charge in [0.1, 0.15) is 6.29 Å². The van der Waals surface area contributed by atoms with E-state index in [-0.39, 0.29) is 5.41 Å². The highest BCUT2D eigenvalue weighted by molar-refractivity contribution is 5.58. The first-order chi connectivity index (χ1) is 5.12. The van der Waals surface area contributed by atoms with Crippen molar-refractivity contribution in [1.29, 1.82) is 0 Å². The van der Waals surface area contributed by atoms with E-state index < -0.39 is 0 Å². The van der Waals surface area contributed by atoms with Gasteiger partial charge in [-0.05, 0) is 12.8 Å². The minimum atomic E-state index is -0.176. The molecule has 64 valence electrons. The number of carbonyl (C=O) groups excluding carboxylic acids is 1. The molecule has 0 aromatic heterocycles. The third-order valence-corrected chi connectivity index (χ3v) is 1.58. The zero-order valence-electron chi connectivity index (χ0n) is 7.76. The highest BCUT2D eigenvalue weighted by atomic mass is 16.1. The Balaban J connectivity index is 3.59. The molecule has 0 unspecified atom stereocenters. The molecule has 0 atom stereocenters. The Morgan fingerprint density at radius 1 is 1.27 bits per heavy atom. The van der Waals surface area contributed by atoms with Gasteiger partial charge in [-0.3, -0.25) is 0 Å². The Bertz CT molecular complexity index is 134. The van der Waals surface area contributed by atoms with E-state index in [2.05, 4.69) is 19.1 Å². The highest BCUT2D eigenvalue weighted by Crippen LogP contribution is 2.16. The van der Waals surface area contributed by atoms with Crippen molar-refractivity contribution in [3.8, 4) is 0 Å². The quantitative estimate of drug-likeness (QED) is 0.439. The van der Waals surface area contributed by atoms with Crippen LogP contribution in [0.15, 0.2) is 12.2 Å². The lowest BCUT2D eigenvalue weighted by Crippen LogP contribution is -2.10. The summed E-state index contributed by atoms with van der Waals surface area (Å²) in [7, 11) is 0. The number of allylic oxidation sites excluding steroid dienone is 2. The van der Waals surface area contributed by atoms with Crippen molar-refractivity contribution in [1.82, 2.24) is 0 Å². The van der Waals surface area contributed by atoms with Gasteiger partial charge >= 0.3 is 0 Å². The Morgan fingerprint density at radius 3 is 2.36 bits per heavy atom. The molecule has 0 aromatic rings. The standard InChI is InChI=1S/C10H18O/c1-4-5-6-7-8-10(2,3)9-11/h6-7,9H,4-5,8H2,1-3H3/b7-6+. The van der Waals surface area contributed by atoms with Crippen molar-refractivity contribution in [2.75, 3.05) is 0 Å². The molecule has 0 aliphatic carbocycles. The molecule has 0 N–H and O–H groups in total. The van der Waals surface area contributed by atoms with E-state index in [9.17, 15) is 4.79 Å². The van der Waals surface area contributed by atoms with E-state index in [4.69, 9.17) is 0 Å². The first-order valence-corrected chi connectivity index (χ1v) is 4.23. The maximum Gasteiger partial charge on any atom is 0.125 e. The monoisotopic (exact) mass is 154 g/mol. The Labute approximate surface area is 69.5 Å². The van der Waals surface area contributed by atoms with Gasteiger partial charge in [0.15, 0.2) is 0 Å². The zero-order valence-corrected chi connectivity index (χ0v) is 7.76. The van der Waals surface area contributed by atoms with Gasteiger partial charge in [-0.25, -0.2) is 0 Å². The molecule has 0 aliphatic heterocycles. The molecule has 0 heterocycles. The summed E-state index contributed by atoms with van der Waals surface area (Å²) in [5.41, 5.74) is -0.176. The van der Waals surface area contributed by atoms with Crippen molar-refractivity contribution in [3.05, 3.63) is 12.2 Å². The van der Waals surface area contributed by atoms with Crippen molar-refractivity contribution in [3.63, 3.8) is 0 Å². The summed E-state index contributed by atoms with van der Waals surface area (Å²) in [4.78, 5) is 10.5. The normalized spacial score (nSPS) is 12.3.